The summed E-state index contributed by atoms with van der Waals surface area (Å²) in [4.78, 5) is 23.9. The Morgan fingerprint density at radius 2 is 2.21 bits per heavy atom. The van der Waals surface area contributed by atoms with Gasteiger partial charge in [-0.25, -0.2) is 4.98 Å². The minimum absolute atomic E-state index is 0.0762. The minimum Gasteiger partial charge on any atom is -0.338 e. The van der Waals surface area contributed by atoms with Crippen molar-refractivity contribution >= 4 is 5.91 Å². The highest BCUT2D eigenvalue weighted by Gasteiger charge is 2.29. The Labute approximate surface area is 165 Å². The van der Waals surface area contributed by atoms with Crippen LogP contribution in [0, 0.1) is 6.92 Å². The topological polar surface area (TPSA) is 68.8 Å². The average molecular weight is 378 g/mol. The first-order chi connectivity index (χ1) is 13.7. The number of aryl methyl sites for hydroxylation is 2. The average Bonchev–Trinajstić information content (AvgIpc) is 3.34. The summed E-state index contributed by atoms with van der Waals surface area (Å²) in [5, 5.41) is 4.42. The number of rotatable bonds is 5. The Morgan fingerprint density at radius 1 is 1.32 bits per heavy atom. The third-order valence-corrected chi connectivity index (χ3v) is 5.40. The van der Waals surface area contributed by atoms with Crippen LogP contribution in [0.1, 0.15) is 53.1 Å². The van der Waals surface area contributed by atoms with Crippen LogP contribution in [0.5, 0.6) is 0 Å². The van der Waals surface area contributed by atoms with E-state index in [-0.39, 0.29) is 11.8 Å². The fourth-order valence-corrected chi connectivity index (χ4v) is 3.94. The van der Waals surface area contributed by atoms with Crippen molar-refractivity contribution in [3.8, 4) is 0 Å². The molecule has 0 spiro atoms. The molecule has 7 heteroatoms. The Morgan fingerprint density at radius 3 is 2.96 bits per heavy atom. The molecule has 1 amide bonds. The number of pyridine rings is 1. The quantitative estimate of drug-likeness (QED) is 0.685. The van der Waals surface area contributed by atoms with Gasteiger partial charge in [0, 0.05) is 56.5 Å². The van der Waals surface area contributed by atoms with E-state index in [0.29, 0.717) is 12.1 Å². The summed E-state index contributed by atoms with van der Waals surface area (Å²) in [6, 6.07) is 4.02. The molecular formula is C21H26N6O. The van der Waals surface area contributed by atoms with Crippen molar-refractivity contribution in [2.24, 2.45) is 0 Å². The van der Waals surface area contributed by atoms with Gasteiger partial charge in [0.15, 0.2) is 0 Å². The number of aromatic nitrogens is 5. The molecule has 0 saturated carbocycles. The molecule has 7 nitrogen and oxygen atoms in total. The molecule has 28 heavy (non-hydrogen) atoms. The maximum Gasteiger partial charge on any atom is 0.257 e. The van der Waals surface area contributed by atoms with E-state index in [1.807, 2.05) is 54.3 Å². The molecule has 4 rings (SSSR count). The van der Waals surface area contributed by atoms with Crippen LogP contribution in [-0.2, 0) is 13.1 Å². The molecule has 1 saturated heterocycles. The molecule has 1 atom stereocenters. The van der Waals surface area contributed by atoms with Crippen molar-refractivity contribution in [2.45, 2.75) is 45.7 Å². The highest BCUT2D eigenvalue weighted by Crippen LogP contribution is 2.27. The number of carbonyl (C=O) groups excluding carboxylic acids is 1. The lowest BCUT2D eigenvalue weighted by molar-refractivity contribution is 0.0702. The summed E-state index contributed by atoms with van der Waals surface area (Å²) in [5.74, 6) is 1.36. The van der Waals surface area contributed by atoms with Crippen LogP contribution in [0.15, 0.2) is 43.1 Å². The highest BCUT2D eigenvalue weighted by atomic mass is 16.2. The molecule has 0 aliphatic carbocycles. The fourth-order valence-electron chi connectivity index (χ4n) is 3.94. The van der Waals surface area contributed by atoms with E-state index in [0.717, 1.165) is 49.6 Å². The first-order valence-electron chi connectivity index (χ1n) is 9.89. The Bertz CT molecular complexity index is 945. The Balaban J connectivity index is 1.51. The third kappa shape index (κ3) is 3.69. The molecule has 146 valence electrons. The zero-order valence-corrected chi connectivity index (χ0v) is 16.5. The molecule has 1 aliphatic heterocycles. The summed E-state index contributed by atoms with van der Waals surface area (Å²) in [6.07, 6.45) is 11.4. The maximum absolute atomic E-state index is 13.1. The standard InChI is InChI=1S/C21H26N6O/c1-3-27-15-19(16(2)24-27)21(28)26-10-5-7-18(14-26)20-23-9-11-25(20)13-17-6-4-8-22-12-17/h4,6,8-9,11-12,15,18H,3,5,7,10,13-14H2,1-2H3/t18-/m0/s1. The zero-order chi connectivity index (χ0) is 19.5. The zero-order valence-electron chi connectivity index (χ0n) is 16.5. The van der Waals surface area contributed by atoms with Crippen LogP contribution < -0.4 is 0 Å². The van der Waals surface area contributed by atoms with E-state index in [4.69, 9.17) is 0 Å². The van der Waals surface area contributed by atoms with Crippen LogP contribution in [-0.4, -0.2) is 48.2 Å². The molecule has 4 heterocycles. The monoisotopic (exact) mass is 378 g/mol. The van der Waals surface area contributed by atoms with Crippen LogP contribution in [0.4, 0.5) is 0 Å². The number of carbonyl (C=O) groups is 1. The van der Waals surface area contributed by atoms with E-state index in [1.54, 1.807) is 6.20 Å². The second-order valence-corrected chi connectivity index (χ2v) is 7.35. The van der Waals surface area contributed by atoms with Crippen molar-refractivity contribution in [3.05, 3.63) is 65.8 Å². The number of amides is 1. The number of hydrogen-bond acceptors (Lipinski definition) is 4. The van der Waals surface area contributed by atoms with E-state index in [1.165, 1.54) is 0 Å². The summed E-state index contributed by atoms with van der Waals surface area (Å²) in [5.41, 5.74) is 2.65. The van der Waals surface area contributed by atoms with Crippen molar-refractivity contribution in [3.63, 3.8) is 0 Å². The Kier molecular flexibility index (Phi) is 5.23. The molecule has 1 fully saturated rings. The van der Waals surface area contributed by atoms with Gasteiger partial charge in [0.25, 0.3) is 5.91 Å². The molecule has 0 bridgehead atoms. The maximum atomic E-state index is 13.1. The van der Waals surface area contributed by atoms with E-state index in [2.05, 4.69) is 25.7 Å². The van der Waals surface area contributed by atoms with Crippen molar-refractivity contribution < 1.29 is 4.79 Å². The van der Waals surface area contributed by atoms with Crippen LogP contribution in [0.2, 0.25) is 0 Å². The fraction of sp³-hybridized carbons (Fsp3) is 0.429. The van der Waals surface area contributed by atoms with Gasteiger partial charge in [-0.05, 0) is 38.3 Å². The summed E-state index contributed by atoms with van der Waals surface area (Å²) in [7, 11) is 0. The molecule has 0 unspecified atom stereocenters. The lowest BCUT2D eigenvalue weighted by atomic mass is 9.96. The van der Waals surface area contributed by atoms with Gasteiger partial charge in [-0.2, -0.15) is 5.10 Å². The predicted octanol–water partition coefficient (Wildman–Crippen LogP) is 2.87. The van der Waals surface area contributed by atoms with Crippen LogP contribution >= 0.6 is 0 Å². The van der Waals surface area contributed by atoms with Crippen molar-refractivity contribution in [1.82, 2.24) is 29.2 Å². The highest BCUT2D eigenvalue weighted by molar-refractivity contribution is 5.95. The molecule has 1 aliphatic rings. The van der Waals surface area contributed by atoms with E-state index >= 15 is 0 Å². The molecule has 0 aromatic carbocycles. The third-order valence-electron chi connectivity index (χ3n) is 5.40. The van der Waals surface area contributed by atoms with Crippen molar-refractivity contribution in [1.29, 1.82) is 0 Å². The number of piperidine rings is 1. The normalized spacial score (nSPS) is 17.1. The first kappa shape index (κ1) is 18.4. The second-order valence-electron chi connectivity index (χ2n) is 7.35. The van der Waals surface area contributed by atoms with Crippen LogP contribution in [0.25, 0.3) is 0 Å². The SMILES string of the molecule is CCn1cc(C(=O)N2CCC[C@H](c3nccn3Cc3cccnc3)C2)c(C)n1. The minimum atomic E-state index is 0.0762. The molecule has 3 aromatic rings. The molecule has 0 radical (unpaired) electrons. The van der Waals surface area contributed by atoms with Gasteiger partial charge < -0.3 is 9.47 Å². The van der Waals surface area contributed by atoms with Crippen molar-refractivity contribution in [2.75, 3.05) is 13.1 Å². The van der Waals surface area contributed by atoms with Gasteiger partial charge >= 0.3 is 0 Å². The van der Waals surface area contributed by atoms with Gasteiger partial charge in [0.1, 0.15) is 5.82 Å². The first-order valence-corrected chi connectivity index (χ1v) is 9.89. The predicted molar refractivity (Wildman–Crippen MR) is 106 cm³/mol. The second kappa shape index (κ2) is 7.96. The lowest BCUT2D eigenvalue weighted by Crippen LogP contribution is -2.40. The molecule has 0 N–H and O–H groups in total. The van der Waals surface area contributed by atoms with Gasteiger partial charge in [0.2, 0.25) is 0 Å². The molecule has 3 aromatic heterocycles. The summed E-state index contributed by atoms with van der Waals surface area (Å²) >= 11 is 0. The summed E-state index contributed by atoms with van der Waals surface area (Å²) < 4.78 is 4.00. The Hall–Kier alpha value is -2.96. The number of imidazole rings is 1. The number of nitrogens with zero attached hydrogens (tertiary/aromatic N) is 6. The number of hydrogen-bond donors (Lipinski definition) is 0. The largest absolute Gasteiger partial charge is 0.338 e. The summed E-state index contributed by atoms with van der Waals surface area (Å²) in [6.45, 7) is 6.93. The van der Waals surface area contributed by atoms with Gasteiger partial charge in [-0.3, -0.25) is 14.5 Å². The van der Waals surface area contributed by atoms with E-state index < -0.39 is 0 Å². The smallest absolute Gasteiger partial charge is 0.257 e. The van der Waals surface area contributed by atoms with Gasteiger partial charge in [-0.15, -0.1) is 0 Å². The molecular weight excluding hydrogens is 352 g/mol. The van der Waals surface area contributed by atoms with E-state index in [9.17, 15) is 4.79 Å². The van der Waals surface area contributed by atoms with Gasteiger partial charge in [0.05, 0.1) is 17.8 Å². The lowest BCUT2D eigenvalue weighted by Gasteiger charge is -2.32. The van der Waals surface area contributed by atoms with Crippen LogP contribution in [0.3, 0.4) is 0 Å². The number of likely N-dealkylation sites (tertiary alicyclic amines) is 1. The van der Waals surface area contributed by atoms with Gasteiger partial charge in [-0.1, -0.05) is 6.07 Å².